The van der Waals surface area contributed by atoms with Gasteiger partial charge in [0.05, 0.1) is 11.0 Å². The quantitative estimate of drug-likeness (QED) is 0.413. The van der Waals surface area contributed by atoms with Crippen LogP contribution < -0.4 is 5.73 Å². The summed E-state index contributed by atoms with van der Waals surface area (Å²) in [6.07, 6.45) is -0.986. The SMILES string of the molecule is Cc1c(C(O)C(O)CCN)cnc(Cl)c1[N+](=O)[O-]. The van der Waals surface area contributed by atoms with Crippen molar-refractivity contribution in [3.63, 3.8) is 0 Å². The fraction of sp³-hybridized carbons (Fsp3) is 0.500. The lowest BCUT2D eigenvalue weighted by molar-refractivity contribution is -0.385. The van der Waals surface area contributed by atoms with Gasteiger partial charge in [-0.3, -0.25) is 10.1 Å². The third-order valence-corrected chi connectivity index (χ3v) is 2.91. The highest BCUT2D eigenvalue weighted by Gasteiger charge is 2.26. The molecule has 7 nitrogen and oxygen atoms in total. The van der Waals surface area contributed by atoms with E-state index in [1.807, 2.05) is 0 Å². The molecule has 0 saturated carbocycles. The number of halogens is 1. The molecule has 0 aliphatic carbocycles. The standard InChI is InChI=1S/C10H14ClN3O4/c1-5-6(9(16)7(15)2-3-12)4-13-10(11)8(5)14(17)18/h4,7,9,15-16H,2-3,12H2,1H3. The fourth-order valence-corrected chi connectivity index (χ4v) is 1.88. The average Bonchev–Trinajstić information content (AvgIpc) is 2.28. The summed E-state index contributed by atoms with van der Waals surface area (Å²) in [5.41, 5.74) is 5.26. The van der Waals surface area contributed by atoms with Gasteiger partial charge >= 0.3 is 5.69 Å². The first-order valence-electron chi connectivity index (χ1n) is 5.25. The van der Waals surface area contributed by atoms with Crippen molar-refractivity contribution in [2.75, 3.05) is 6.54 Å². The zero-order chi connectivity index (χ0) is 13.9. The van der Waals surface area contributed by atoms with Crippen LogP contribution in [0.5, 0.6) is 0 Å². The lowest BCUT2D eigenvalue weighted by atomic mass is 9.99. The Labute approximate surface area is 108 Å². The number of aliphatic hydroxyl groups excluding tert-OH is 2. The van der Waals surface area contributed by atoms with Gasteiger partial charge in [-0.25, -0.2) is 4.98 Å². The second-order valence-electron chi connectivity index (χ2n) is 3.82. The van der Waals surface area contributed by atoms with Crippen molar-refractivity contribution in [2.45, 2.75) is 25.6 Å². The predicted octanol–water partition coefficient (Wildman–Crippen LogP) is 0.695. The molecule has 100 valence electrons. The van der Waals surface area contributed by atoms with Crippen molar-refractivity contribution in [1.82, 2.24) is 4.98 Å². The van der Waals surface area contributed by atoms with Crippen molar-refractivity contribution in [1.29, 1.82) is 0 Å². The smallest absolute Gasteiger partial charge is 0.309 e. The lowest BCUT2D eigenvalue weighted by Crippen LogP contribution is -2.22. The Morgan fingerprint density at radius 3 is 2.72 bits per heavy atom. The minimum absolute atomic E-state index is 0.173. The molecular weight excluding hydrogens is 262 g/mol. The van der Waals surface area contributed by atoms with Gasteiger partial charge in [0.2, 0.25) is 5.15 Å². The van der Waals surface area contributed by atoms with Gasteiger partial charge in [-0.1, -0.05) is 11.6 Å². The first kappa shape index (κ1) is 14.8. The maximum Gasteiger partial charge on any atom is 0.309 e. The van der Waals surface area contributed by atoms with Crippen LogP contribution >= 0.6 is 11.6 Å². The molecule has 2 unspecified atom stereocenters. The first-order chi connectivity index (χ1) is 8.40. The van der Waals surface area contributed by atoms with Crippen LogP contribution in [0.2, 0.25) is 5.15 Å². The highest BCUT2D eigenvalue weighted by atomic mass is 35.5. The molecule has 2 atom stereocenters. The highest BCUT2D eigenvalue weighted by Crippen LogP contribution is 2.32. The molecule has 0 radical (unpaired) electrons. The Morgan fingerprint density at radius 2 is 2.22 bits per heavy atom. The summed E-state index contributed by atoms with van der Waals surface area (Å²) < 4.78 is 0. The van der Waals surface area contributed by atoms with E-state index in [4.69, 9.17) is 17.3 Å². The molecule has 0 amide bonds. The van der Waals surface area contributed by atoms with Crippen LogP contribution in [-0.4, -0.2) is 32.8 Å². The van der Waals surface area contributed by atoms with Crippen molar-refractivity contribution in [3.8, 4) is 0 Å². The van der Waals surface area contributed by atoms with Crippen molar-refractivity contribution >= 4 is 17.3 Å². The van der Waals surface area contributed by atoms with E-state index in [-0.39, 0.29) is 34.9 Å². The second kappa shape index (κ2) is 6.05. The van der Waals surface area contributed by atoms with Gasteiger partial charge in [0.15, 0.2) is 0 Å². The minimum atomic E-state index is -1.28. The van der Waals surface area contributed by atoms with Crippen LogP contribution in [0.4, 0.5) is 5.69 Å². The molecule has 0 bridgehead atoms. The third kappa shape index (κ3) is 2.94. The number of rotatable bonds is 5. The molecule has 0 spiro atoms. The Morgan fingerprint density at radius 1 is 1.61 bits per heavy atom. The van der Waals surface area contributed by atoms with Crippen molar-refractivity contribution in [2.24, 2.45) is 5.73 Å². The fourth-order valence-electron chi connectivity index (χ4n) is 1.62. The second-order valence-corrected chi connectivity index (χ2v) is 4.18. The summed E-state index contributed by atoms with van der Waals surface area (Å²) >= 11 is 5.62. The zero-order valence-electron chi connectivity index (χ0n) is 9.71. The van der Waals surface area contributed by atoms with Gasteiger partial charge in [-0.2, -0.15) is 0 Å². The maximum absolute atomic E-state index is 10.8. The number of nitrogens with two attached hydrogens (primary N) is 1. The molecule has 0 aromatic carbocycles. The molecule has 18 heavy (non-hydrogen) atoms. The van der Waals surface area contributed by atoms with Gasteiger partial charge in [-0.15, -0.1) is 0 Å². The Balaban J connectivity index is 3.18. The number of hydrogen-bond acceptors (Lipinski definition) is 6. The van der Waals surface area contributed by atoms with Gasteiger partial charge in [0.1, 0.15) is 6.10 Å². The molecular formula is C10H14ClN3O4. The molecule has 0 saturated heterocycles. The summed E-state index contributed by atoms with van der Waals surface area (Å²) in [5, 5.41) is 30.1. The number of nitro groups is 1. The topological polar surface area (TPSA) is 123 Å². The average molecular weight is 276 g/mol. The molecule has 8 heteroatoms. The monoisotopic (exact) mass is 275 g/mol. The largest absolute Gasteiger partial charge is 0.390 e. The van der Waals surface area contributed by atoms with E-state index in [0.717, 1.165) is 0 Å². The van der Waals surface area contributed by atoms with E-state index in [0.29, 0.717) is 0 Å². The lowest BCUT2D eigenvalue weighted by Gasteiger charge is -2.18. The summed E-state index contributed by atoms with van der Waals surface area (Å²) in [6, 6.07) is 0. The van der Waals surface area contributed by atoms with Gasteiger partial charge in [0, 0.05) is 17.3 Å². The van der Waals surface area contributed by atoms with Crippen LogP contribution in [0.3, 0.4) is 0 Å². The minimum Gasteiger partial charge on any atom is -0.390 e. The van der Waals surface area contributed by atoms with Crippen molar-refractivity contribution < 1.29 is 15.1 Å². The number of aliphatic hydroxyl groups is 2. The summed E-state index contributed by atoms with van der Waals surface area (Å²) in [7, 11) is 0. The van der Waals surface area contributed by atoms with Crippen LogP contribution in [0.1, 0.15) is 23.7 Å². The third-order valence-electron chi connectivity index (χ3n) is 2.63. The summed E-state index contributed by atoms with van der Waals surface area (Å²) in [4.78, 5) is 13.8. The van der Waals surface area contributed by atoms with E-state index in [9.17, 15) is 20.3 Å². The number of aromatic nitrogens is 1. The van der Waals surface area contributed by atoms with Crippen LogP contribution in [-0.2, 0) is 0 Å². The Hall–Kier alpha value is -1.28. The van der Waals surface area contributed by atoms with E-state index < -0.39 is 17.1 Å². The van der Waals surface area contributed by atoms with Gasteiger partial charge in [0.25, 0.3) is 0 Å². The van der Waals surface area contributed by atoms with E-state index in [2.05, 4.69) is 4.98 Å². The van der Waals surface area contributed by atoms with Crippen molar-refractivity contribution in [3.05, 3.63) is 32.6 Å². The highest BCUT2D eigenvalue weighted by molar-refractivity contribution is 6.31. The predicted molar refractivity (Wildman–Crippen MR) is 65.3 cm³/mol. The number of nitrogens with zero attached hydrogens (tertiary/aromatic N) is 2. The maximum atomic E-state index is 10.8. The summed E-state index contributed by atoms with van der Waals surface area (Å²) in [6.45, 7) is 1.64. The molecule has 1 aromatic rings. The molecule has 1 rings (SSSR count). The normalized spacial score (nSPS) is 14.3. The molecule has 1 heterocycles. The summed E-state index contributed by atoms with van der Waals surface area (Å²) in [5.74, 6) is 0. The van der Waals surface area contributed by atoms with Gasteiger partial charge in [-0.05, 0) is 19.9 Å². The van der Waals surface area contributed by atoms with E-state index in [1.165, 1.54) is 13.1 Å². The van der Waals surface area contributed by atoms with E-state index in [1.54, 1.807) is 0 Å². The van der Waals surface area contributed by atoms with E-state index >= 15 is 0 Å². The van der Waals surface area contributed by atoms with Crippen LogP contribution in [0.15, 0.2) is 6.20 Å². The van der Waals surface area contributed by atoms with Gasteiger partial charge < -0.3 is 15.9 Å². The first-order valence-corrected chi connectivity index (χ1v) is 5.63. The molecule has 0 aliphatic heterocycles. The Kier molecular flexibility index (Phi) is 4.97. The molecule has 0 aliphatic rings. The zero-order valence-corrected chi connectivity index (χ0v) is 10.5. The number of pyridine rings is 1. The van der Waals surface area contributed by atoms with Crippen LogP contribution in [0, 0.1) is 17.0 Å². The molecule has 1 aromatic heterocycles. The van der Waals surface area contributed by atoms with Crippen LogP contribution in [0.25, 0.3) is 0 Å². The molecule has 4 N–H and O–H groups in total. The Bertz CT molecular complexity index is 455. The molecule has 0 fully saturated rings. The number of hydrogen-bond donors (Lipinski definition) is 3.